The molecule has 4 heteroatoms. The van der Waals surface area contributed by atoms with Gasteiger partial charge in [0.1, 0.15) is 0 Å². The number of aryl methyl sites for hydroxylation is 1. The Balaban J connectivity index is 2.68. The van der Waals surface area contributed by atoms with Crippen LogP contribution in [0.5, 0.6) is 0 Å². The summed E-state index contributed by atoms with van der Waals surface area (Å²) in [6.07, 6.45) is 2.29. The summed E-state index contributed by atoms with van der Waals surface area (Å²) in [6.45, 7) is 3.80. The number of nitrogens with two attached hydrogens (primary N) is 1. The molecule has 0 aliphatic rings. The van der Waals surface area contributed by atoms with Gasteiger partial charge in [-0.05, 0) is 25.0 Å². The molecule has 0 atom stereocenters. The first-order chi connectivity index (χ1) is 8.06. The summed E-state index contributed by atoms with van der Waals surface area (Å²) < 4.78 is 0. The van der Waals surface area contributed by atoms with Gasteiger partial charge in [0.25, 0.3) is 0 Å². The third-order valence-corrected chi connectivity index (χ3v) is 3.51. The van der Waals surface area contributed by atoms with Gasteiger partial charge in [-0.25, -0.2) is 4.79 Å². The molecular weight excluding hydrogens is 234 g/mol. The predicted octanol–water partition coefficient (Wildman–Crippen LogP) is 3.09. The van der Waals surface area contributed by atoms with Crippen molar-refractivity contribution in [1.82, 2.24) is 0 Å². The molecule has 17 heavy (non-hydrogen) atoms. The SMILES string of the molecule is CCC(=CCSc1cccc(C)c1N)C(=O)O. The lowest BCUT2D eigenvalue weighted by Gasteiger charge is -2.06. The molecule has 0 amide bonds. The quantitative estimate of drug-likeness (QED) is 0.479. The molecule has 0 heterocycles. The average Bonchev–Trinajstić information content (AvgIpc) is 2.29. The number of carboxylic acid groups (broad SMARTS) is 1. The Labute approximate surface area is 106 Å². The van der Waals surface area contributed by atoms with E-state index in [4.69, 9.17) is 10.8 Å². The molecule has 0 saturated carbocycles. The molecule has 0 radical (unpaired) electrons. The van der Waals surface area contributed by atoms with Crippen LogP contribution >= 0.6 is 11.8 Å². The smallest absolute Gasteiger partial charge is 0.331 e. The van der Waals surface area contributed by atoms with Gasteiger partial charge in [0.05, 0.1) is 0 Å². The Bertz CT molecular complexity index is 441. The van der Waals surface area contributed by atoms with Crippen LogP contribution in [0.15, 0.2) is 34.7 Å². The average molecular weight is 251 g/mol. The van der Waals surface area contributed by atoms with E-state index in [9.17, 15) is 4.79 Å². The summed E-state index contributed by atoms with van der Waals surface area (Å²) in [5.74, 6) is -0.214. The zero-order valence-electron chi connectivity index (χ0n) is 10.1. The Hall–Kier alpha value is -1.42. The predicted molar refractivity (Wildman–Crippen MR) is 72.3 cm³/mol. The molecule has 0 saturated heterocycles. The van der Waals surface area contributed by atoms with Crippen molar-refractivity contribution in [3.05, 3.63) is 35.4 Å². The molecule has 0 bridgehead atoms. The number of hydrogen-bond donors (Lipinski definition) is 2. The first-order valence-corrected chi connectivity index (χ1v) is 6.45. The molecule has 1 aromatic rings. The zero-order chi connectivity index (χ0) is 12.8. The molecule has 1 rings (SSSR count). The maximum atomic E-state index is 10.8. The van der Waals surface area contributed by atoms with Crippen molar-refractivity contribution in [2.24, 2.45) is 0 Å². The second-order valence-electron chi connectivity index (χ2n) is 3.69. The van der Waals surface area contributed by atoms with E-state index in [-0.39, 0.29) is 0 Å². The summed E-state index contributed by atoms with van der Waals surface area (Å²) in [5, 5.41) is 8.87. The third-order valence-electron chi connectivity index (χ3n) is 2.51. The van der Waals surface area contributed by atoms with E-state index >= 15 is 0 Å². The zero-order valence-corrected chi connectivity index (χ0v) is 10.9. The van der Waals surface area contributed by atoms with Crippen molar-refractivity contribution >= 4 is 23.4 Å². The molecule has 0 aliphatic heterocycles. The molecule has 1 aromatic carbocycles. The first kappa shape index (κ1) is 13.6. The Kier molecular flexibility index (Phi) is 5.10. The monoisotopic (exact) mass is 251 g/mol. The molecule has 0 fully saturated rings. The van der Waals surface area contributed by atoms with Crippen LogP contribution in [0.1, 0.15) is 18.9 Å². The van der Waals surface area contributed by atoms with Gasteiger partial charge in [0, 0.05) is 21.9 Å². The van der Waals surface area contributed by atoms with Crippen molar-refractivity contribution in [2.45, 2.75) is 25.2 Å². The summed E-state index contributed by atoms with van der Waals surface area (Å²) in [5.41, 5.74) is 8.21. The Morgan fingerprint density at radius 2 is 2.24 bits per heavy atom. The van der Waals surface area contributed by atoms with Crippen LogP contribution in [0.2, 0.25) is 0 Å². The van der Waals surface area contributed by atoms with Gasteiger partial charge in [-0.2, -0.15) is 0 Å². The fourth-order valence-corrected chi connectivity index (χ4v) is 2.35. The van der Waals surface area contributed by atoms with E-state index in [1.54, 1.807) is 17.8 Å². The number of para-hydroxylation sites is 1. The summed E-state index contributed by atoms with van der Waals surface area (Å²) in [7, 11) is 0. The van der Waals surface area contributed by atoms with Gasteiger partial charge >= 0.3 is 5.97 Å². The molecule has 0 aromatic heterocycles. The topological polar surface area (TPSA) is 63.3 Å². The fraction of sp³-hybridized carbons (Fsp3) is 0.308. The van der Waals surface area contributed by atoms with Gasteiger partial charge in [0.15, 0.2) is 0 Å². The van der Waals surface area contributed by atoms with Crippen LogP contribution in [0, 0.1) is 6.92 Å². The summed E-state index contributed by atoms with van der Waals surface area (Å²) >= 11 is 1.56. The van der Waals surface area contributed by atoms with Crippen molar-refractivity contribution in [3.8, 4) is 0 Å². The lowest BCUT2D eigenvalue weighted by Crippen LogP contribution is -1.99. The second kappa shape index (κ2) is 6.35. The summed E-state index contributed by atoms with van der Waals surface area (Å²) in [6, 6.07) is 5.87. The van der Waals surface area contributed by atoms with Crippen LogP contribution in [-0.2, 0) is 4.79 Å². The number of aliphatic carboxylic acids is 1. The third kappa shape index (κ3) is 3.82. The Morgan fingerprint density at radius 1 is 1.53 bits per heavy atom. The van der Waals surface area contributed by atoms with Gasteiger partial charge in [0.2, 0.25) is 0 Å². The minimum atomic E-state index is -0.842. The Morgan fingerprint density at radius 3 is 2.82 bits per heavy atom. The molecule has 0 aliphatic carbocycles. The van der Waals surface area contributed by atoms with E-state index in [2.05, 4.69) is 0 Å². The minimum absolute atomic E-state index is 0.448. The van der Waals surface area contributed by atoms with Crippen molar-refractivity contribution in [3.63, 3.8) is 0 Å². The number of benzene rings is 1. The van der Waals surface area contributed by atoms with Gasteiger partial charge in [-0.1, -0.05) is 25.1 Å². The highest BCUT2D eigenvalue weighted by molar-refractivity contribution is 7.99. The number of rotatable bonds is 5. The van der Waals surface area contributed by atoms with E-state index in [0.717, 1.165) is 16.1 Å². The number of hydrogen-bond acceptors (Lipinski definition) is 3. The minimum Gasteiger partial charge on any atom is -0.478 e. The van der Waals surface area contributed by atoms with Crippen LogP contribution in [0.4, 0.5) is 5.69 Å². The van der Waals surface area contributed by atoms with Crippen LogP contribution in [0.3, 0.4) is 0 Å². The van der Waals surface area contributed by atoms with Crippen LogP contribution < -0.4 is 5.73 Å². The van der Waals surface area contributed by atoms with Gasteiger partial charge < -0.3 is 10.8 Å². The highest BCUT2D eigenvalue weighted by Gasteiger charge is 2.04. The standard InChI is InChI=1S/C13H17NO2S/c1-3-10(13(15)16)7-8-17-11-6-4-5-9(2)12(11)14/h4-7H,3,8,14H2,1-2H3,(H,15,16). The number of carbonyl (C=O) groups is 1. The maximum Gasteiger partial charge on any atom is 0.331 e. The molecule has 92 valence electrons. The van der Waals surface area contributed by atoms with E-state index < -0.39 is 5.97 Å². The van der Waals surface area contributed by atoms with Gasteiger partial charge in [-0.15, -0.1) is 11.8 Å². The first-order valence-electron chi connectivity index (χ1n) is 5.46. The lowest BCUT2D eigenvalue weighted by atomic mass is 10.2. The van der Waals surface area contributed by atoms with Crippen LogP contribution in [0.25, 0.3) is 0 Å². The number of carboxylic acids is 1. The number of nitrogen functional groups attached to an aromatic ring is 1. The highest BCUT2D eigenvalue weighted by atomic mass is 32.2. The maximum absolute atomic E-state index is 10.8. The van der Waals surface area contributed by atoms with E-state index in [1.807, 2.05) is 32.0 Å². The van der Waals surface area contributed by atoms with Crippen molar-refractivity contribution in [1.29, 1.82) is 0 Å². The lowest BCUT2D eigenvalue weighted by molar-refractivity contribution is -0.132. The number of anilines is 1. The van der Waals surface area contributed by atoms with Crippen molar-refractivity contribution in [2.75, 3.05) is 11.5 Å². The molecular formula is C13H17NO2S. The van der Waals surface area contributed by atoms with Gasteiger partial charge in [-0.3, -0.25) is 0 Å². The van der Waals surface area contributed by atoms with Crippen molar-refractivity contribution < 1.29 is 9.90 Å². The largest absolute Gasteiger partial charge is 0.478 e. The second-order valence-corrected chi connectivity index (χ2v) is 4.75. The normalized spacial score (nSPS) is 11.5. The highest BCUT2D eigenvalue weighted by Crippen LogP contribution is 2.27. The number of thioether (sulfide) groups is 1. The summed E-state index contributed by atoms with van der Waals surface area (Å²) in [4.78, 5) is 11.8. The van der Waals surface area contributed by atoms with E-state index in [0.29, 0.717) is 17.7 Å². The van der Waals surface area contributed by atoms with E-state index in [1.165, 1.54) is 0 Å². The molecule has 3 nitrogen and oxygen atoms in total. The van der Waals surface area contributed by atoms with Crippen LogP contribution in [-0.4, -0.2) is 16.8 Å². The fourth-order valence-electron chi connectivity index (χ4n) is 1.39. The molecule has 3 N–H and O–H groups in total. The molecule has 0 unspecified atom stereocenters. The molecule has 0 spiro atoms.